The number of halogens is 2. The summed E-state index contributed by atoms with van der Waals surface area (Å²) in [4.78, 5) is 32.4. The number of piperazine rings is 1. The molecule has 1 aliphatic heterocycles. The van der Waals surface area contributed by atoms with E-state index in [1.807, 2.05) is 0 Å². The van der Waals surface area contributed by atoms with E-state index in [9.17, 15) is 26.8 Å². The Bertz CT molecular complexity index is 1560. The molecule has 1 saturated heterocycles. The zero-order chi connectivity index (χ0) is 25.4. The van der Waals surface area contributed by atoms with Crippen LogP contribution < -0.4 is 9.62 Å². The monoisotopic (exact) mass is 533 g/mol. The Hall–Kier alpha value is -3.84. The summed E-state index contributed by atoms with van der Waals surface area (Å²) in [5.41, 5.74) is 0.890. The van der Waals surface area contributed by atoms with Crippen molar-refractivity contribution in [1.82, 2.24) is 14.5 Å². The molecule has 0 bridgehead atoms. The molecule has 0 radical (unpaired) electrons. The summed E-state index contributed by atoms with van der Waals surface area (Å²) >= 11 is 1.16. The first kappa shape index (κ1) is 23.9. The number of nitrogens with one attached hydrogen (secondary N) is 1. The van der Waals surface area contributed by atoms with Gasteiger partial charge in [0.25, 0.3) is 10.0 Å². The minimum absolute atomic E-state index is 0. The number of benzene rings is 2. The zero-order valence-electron chi connectivity index (χ0n) is 18.6. The molecule has 9 nitrogen and oxygen atoms in total. The first-order valence-corrected chi connectivity index (χ1v) is 13.1. The van der Waals surface area contributed by atoms with E-state index in [0.29, 0.717) is 16.6 Å². The fourth-order valence-corrected chi connectivity index (χ4v) is 5.77. The van der Waals surface area contributed by atoms with Crippen LogP contribution in [0.25, 0.3) is 10.9 Å². The maximum Gasteiger partial charge on any atom is 0.263 e. The number of hydrogen-bond donors (Lipinski definition) is 1. The fraction of sp³-hybridized carbons (Fsp3) is 0.174. The number of aromatic nitrogens is 2. The maximum atomic E-state index is 13.7. The van der Waals surface area contributed by atoms with Crippen molar-refractivity contribution in [2.45, 2.75) is 11.4 Å². The van der Waals surface area contributed by atoms with Gasteiger partial charge in [-0.1, -0.05) is 0 Å². The second-order valence-corrected chi connectivity index (χ2v) is 10.6. The number of sulfonamides is 1. The quantitative estimate of drug-likeness (QED) is 0.410. The molecular formula is C23H21F2N5O4S2. The lowest BCUT2D eigenvalue weighted by Gasteiger charge is -2.34. The Kier molecular flexibility index (Phi) is 6.18. The lowest BCUT2D eigenvalue weighted by molar-refractivity contribution is -0.137. The minimum atomic E-state index is -3.82. The maximum absolute atomic E-state index is 13.7. The molecule has 1 fully saturated rings. The summed E-state index contributed by atoms with van der Waals surface area (Å²) in [5, 5.41) is 2.37. The number of anilines is 2. The summed E-state index contributed by atoms with van der Waals surface area (Å²) in [6, 6.07) is 9.56. The highest BCUT2D eigenvalue weighted by molar-refractivity contribution is 7.93. The minimum Gasteiger partial charge on any atom is -0.338 e. The summed E-state index contributed by atoms with van der Waals surface area (Å²) < 4.78 is 56.0. The van der Waals surface area contributed by atoms with Gasteiger partial charge in [-0.3, -0.25) is 14.3 Å². The van der Waals surface area contributed by atoms with Crippen molar-refractivity contribution in [2.75, 3.05) is 29.3 Å². The Labute approximate surface area is 210 Å². The lowest BCUT2D eigenvalue weighted by Crippen LogP contribution is -2.53. The Morgan fingerprint density at radius 3 is 2.56 bits per heavy atom. The molecule has 1 aliphatic rings. The predicted octanol–water partition coefficient (Wildman–Crippen LogP) is 3.30. The van der Waals surface area contributed by atoms with Gasteiger partial charge in [-0.15, -0.1) is 11.3 Å². The van der Waals surface area contributed by atoms with Crippen LogP contribution in [0.1, 0.15) is 1.43 Å². The molecule has 13 heteroatoms. The van der Waals surface area contributed by atoms with E-state index in [1.54, 1.807) is 17.6 Å². The third-order valence-corrected chi connectivity index (χ3v) is 7.98. The summed E-state index contributed by atoms with van der Waals surface area (Å²) in [7, 11) is -3.82. The van der Waals surface area contributed by atoms with Crippen LogP contribution in [0.4, 0.5) is 19.6 Å². The van der Waals surface area contributed by atoms with Crippen molar-refractivity contribution in [3.05, 3.63) is 71.9 Å². The second-order valence-electron chi connectivity index (χ2n) is 8.07. The van der Waals surface area contributed by atoms with E-state index in [0.717, 1.165) is 23.5 Å². The Balaban J connectivity index is 0.00000320. The van der Waals surface area contributed by atoms with Crippen molar-refractivity contribution in [3.8, 4) is 0 Å². The van der Waals surface area contributed by atoms with Crippen molar-refractivity contribution in [2.24, 2.45) is 0 Å². The Morgan fingerprint density at radius 1 is 1.11 bits per heavy atom. The number of rotatable bonds is 6. The average Bonchev–Trinajstić information content (AvgIpc) is 3.49. The highest BCUT2D eigenvalue weighted by Gasteiger charge is 2.28. The summed E-state index contributed by atoms with van der Waals surface area (Å²) in [5.74, 6) is -2.62. The van der Waals surface area contributed by atoms with Crippen LogP contribution in [0.2, 0.25) is 0 Å². The van der Waals surface area contributed by atoms with Crippen LogP contribution in [0.15, 0.2) is 65.1 Å². The molecule has 36 heavy (non-hydrogen) atoms. The van der Waals surface area contributed by atoms with Gasteiger partial charge in [-0.05, 0) is 36.4 Å². The zero-order valence-corrected chi connectivity index (χ0v) is 20.2. The van der Waals surface area contributed by atoms with Crippen LogP contribution in [-0.4, -0.2) is 54.3 Å². The molecular weight excluding hydrogens is 512 g/mol. The van der Waals surface area contributed by atoms with Gasteiger partial charge in [0.2, 0.25) is 11.8 Å². The van der Waals surface area contributed by atoms with Crippen LogP contribution >= 0.6 is 11.3 Å². The lowest BCUT2D eigenvalue weighted by atomic mass is 10.2. The molecule has 0 saturated carbocycles. The highest BCUT2D eigenvalue weighted by atomic mass is 32.2. The SMILES string of the molecule is O=C(Cn1ccc2cc(F)c(F)cc21)N1CCN(c2ccc(S(=O)(=O)Nc3nccs3)cc2)C(=O)C1.[HH]. The number of carbonyl (C=O) groups excluding carboxylic acids is 2. The first-order valence-electron chi connectivity index (χ1n) is 10.8. The fourth-order valence-electron chi connectivity index (χ4n) is 3.98. The molecule has 0 aliphatic carbocycles. The summed E-state index contributed by atoms with van der Waals surface area (Å²) in [6.45, 7) is 0.200. The van der Waals surface area contributed by atoms with Crippen molar-refractivity contribution >= 4 is 54.9 Å². The molecule has 3 heterocycles. The Morgan fingerprint density at radius 2 is 1.86 bits per heavy atom. The van der Waals surface area contributed by atoms with Gasteiger partial charge in [-0.2, -0.15) is 0 Å². The number of nitrogens with zero attached hydrogens (tertiary/aromatic N) is 4. The van der Waals surface area contributed by atoms with Gasteiger partial charge in [-0.25, -0.2) is 22.2 Å². The molecule has 2 aromatic heterocycles. The van der Waals surface area contributed by atoms with E-state index >= 15 is 0 Å². The molecule has 5 rings (SSSR count). The summed E-state index contributed by atoms with van der Waals surface area (Å²) in [6.07, 6.45) is 3.06. The number of fused-ring (bicyclic) bond motifs is 1. The third-order valence-electron chi connectivity index (χ3n) is 5.80. The van der Waals surface area contributed by atoms with Crippen LogP contribution in [-0.2, 0) is 26.2 Å². The number of thiazole rings is 1. The topological polar surface area (TPSA) is 105 Å². The van der Waals surface area contributed by atoms with Gasteiger partial charge >= 0.3 is 0 Å². The van der Waals surface area contributed by atoms with Gasteiger partial charge < -0.3 is 14.4 Å². The predicted molar refractivity (Wildman–Crippen MR) is 132 cm³/mol. The second kappa shape index (κ2) is 9.32. The van der Waals surface area contributed by atoms with Crippen LogP contribution in [0.3, 0.4) is 0 Å². The highest BCUT2D eigenvalue weighted by Crippen LogP contribution is 2.24. The largest absolute Gasteiger partial charge is 0.338 e. The van der Waals surface area contributed by atoms with Crippen LogP contribution in [0.5, 0.6) is 0 Å². The molecule has 0 unspecified atom stereocenters. The number of carbonyl (C=O) groups is 2. The van der Waals surface area contributed by atoms with Crippen molar-refractivity contribution < 1.29 is 28.2 Å². The van der Waals surface area contributed by atoms with Gasteiger partial charge in [0.15, 0.2) is 16.8 Å². The molecule has 0 atom stereocenters. The van der Waals surface area contributed by atoms with E-state index in [4.69, 9.17) is 0 Å². The first-order chi connectivity index (χ1) is 17.2. The molecule has 2 aromatic carbocycles. The van der Waals surface area contributed by atoms with E-state index in [-0.39, 0.29) is 49.4 Å². The normalized spacial score (nSPS) is 14.4. The van der Waals surface area contributed by atoms with Gasteiger partial charge in [0.05, 0.1) is 10.4 Å². The van der Waals surface area contributed by atoms with Gasteiger partial charge in [0, 0.05) is 49.4 Å². The van der Waals surface area contributed by atoms with E-state index in [2.05, 4.69) is 9.71 Å². The van der Waals surface area contributed by atoms with E-state index in [1.165, 1.54) is 44.8 Å². The van der Waals surface area contributed by atoms with Crippen molar-refractivity contribution in [1.29, 1.82) is 0 Å². The molecule has 1 N–H and O–H groups in total. The molecule has 2 amide bonds. The number of hydrogen-bond acceptors (Lipinski definition) is 6. The molecule has 188 valence electrons. The smallest absolute Gasteiger partial charge is 0.263 e. The number of amides is 2. The standard InChI is InChI=1S/C23H19F2N5O4S2.H2/c24-18-11-15-5-7-28(20(15)12-19(18)25)13-21(31)29-8-9-30(22(32)14-29)16-1-3-17(4-2-16)36(33,34)27-23-26-6-10-35-23;/h1-7,10-12H,8-9,13-14H2,(H,26,27);1H. The van der Waals surface area contributed by atoms with Crippen LogP contribution in [0, 0.1) is 11.6 Å². The average molecular weight is 534 g/mol. The van der Waals surface area contributed by atoms with Gasteiger partial charge in [0.1, 0.15) is 13.1 Å². The molecule has 4 aromatic rings. The third kappa shape index (κ3) is 4.66. The van der Waals surface area contributed by atoms with Crippen molar-refractivity contribution in [3.63, 3.8) is 0 Å². The molecule has 0 spiro atoms. The van der Waals surface area contributed by atoms with E-state index < -0.39 is 21.7 Å².